The van der Waals surface area contributed by atoms with Crippen molar-refractivity contribution in [2.45, 2.75) is 32.6 Å². The van der Waals surface area contributed by atoms with E-state index in [9.17, 15) is 4.79 Å². The molecule has 2 rings (SSSR count). The molecule has 0 radical (unpaired) electrons. The number of carbonyl (C=O) groups excluding carboxylic acids is 1. The SMILES string of the molecule is CCCCOc1ccc(CCC(=O)N2CCNCC2)cc1N. The van der Waals surface area contributed by atoms with Crippen LogP contribution < -0.4 is 15.8 Å². The van der Waals surface area contributed by atoms with Gasteiger partial charge in [-0.25, -0.2) is 0 Å². The van der Waals surface area contributed by atoms with Crippen LogP contribution in [-0.2, 0) is 11.2 Å². The third-order valence-corrected chi connectivity index (χ3v) is 3.93. The second-order valence-electron chi connectivity index (χ2n) is 5.70. The number of aryl methyl sites for hydroxylation is 1. The van der Waals surface area contributed by atoms with Crippen LogP contribution in [0.4, 0.5) is 5.69 Å². The van der Waals surface area contributed by atoms with Gasteiger partial charge in [-0.2, -0.15) is 0 Å². The molecule has 122 valence electrons. The second-order valence-corrected chi connectivity index (χ2v) is 5.70. The number of nitrogens with zero attached hydrogens (tertiary/aromatic N) is 1. The number of carbonyl (C=O) groups is 1. The quantitative estimate of drug-likeness (QED) is 0.595. The molecule has 0 spiro atoms. The highest BCUT2D eigenvalue weighted by atomic mass is 16.5. The van der Waals surface area contributed by atoms with Gasteiger partial charge >= 0.3 is 0 Å². The minimum atomic E-state index is 0.225. The van der Waals surface area contributed by atoms with E-state index in [-0.39, 0.29) is 5.91 Å². The van der Waals surface area contributed by atoms with E-state index < -0.39 is 0 Å². The van der Waals surface area contributed by atoms with E-state index in [0.717, 1.165) is 56.8 Å². The first-order valence-electron chi connectivity index (χ1n) is 8.20. The lowest BCUT2D eigenvalue weighted by Crippen LogP contribution is -2.46. The van der Waals surface area contributed by atoms with Gasteiger partial charge < -0.3 is 20.7 Å². The van der Waals surface area contributed by atoms with Crippen LogP contribution in [0.25, 0.3) is 0 Å². The number of amides is 1. The number of nitrogens with two attached hydrogens (primary N) is 1. The van der Waals surface area contributed by atoms with Crippen LogP contribution in [0.2, 0.25) is 0 Å². The number of nitrogens with one attached hydrogen (secondary N) is 1. The molecule has 5 heteroatoms. The number of hydrogen-bond acceptors (Lipinski definition) is 4. The van der Waals surface area contributed by atoms with Gasteiger partial charge in [0.25, 0.3) is 0 Å². The summed E-state index contributed by atoms with van der Waals surface area (Å²) in [7, 11) is 0. The van der Waals surface area contributed by atoms with Gasteiger partial charge in [0.15, 0.2) is 0 Å². The zero-order chi connectivity index (χ0) is 15.8. The van der Waals surface area contributed by atoms with Crippen LogP contribution >= 0.6 is 0 Å². The molecule has 1 aromatic rings. The molecule has 1 aromatic carbocycles. The fourth-order valence-electron chi connectivity index (χ4n) is 2.53. The second kappa shape index (κ2) is 8.63. The highest BCUT2D eigenvalue weighted by Crippen LogP contribution is 2.23. The summed E-state index contributed by atoms with van der Waals surface area (Å²) in [5.41, 5.74) is 7.77. The number of rotatable bonds is 7. The van der Waals surface area contributed by atoms with Crippen LogP contribution in [0.3, 0.4) is 0 Å². The molecule has 0 atom stereocenters. The average molecular weight is 305 g/mol. The molecule has 22 heavy (non-hydrogen) atoms. The Labute approximate surface area is 132 Å². The molecular weight excluding hydrogens is 278 g/mol. The van der Waals surface area contributed by atoms with Gasteiger partial charge in [0, 0.05) is 32.6 Å². The number of piperazine rings is 1. The van der Waals surface area contributed by atoms with Crippen LogP contribution in [0.15, 0.2) is 18.2 Å². The molecule has 0 saturated carbocycles. The van der Waals surface area contributed by atoms with Crippen molar-refractivity contribution in [2.24, 2.45) is 0 Å². The Morgan fingerprint density at radius 3 is 2.82 bits per heavy atom. The van der Waals surface area contributed by atoms with Crippen LogP contribution in [0, 0.1) is 0 Å². The molecule has 0 aliphatic carbocycles. The molecule has 1 heterocycles. The zero-order valence-corrected chi connectivity index (χ0v) is 13.4. The summed E-state index contributed by atoms with van der Waals surface area (Å²) >= 11 is 0. The maximum Gasteiger partial charge on any atom is 0.222 e. The largest absolute Gasteiger partial charge is 0.491 e. The third kappa shape index (κ3) is 4.91. The molecule has 3 N–H and O–H groups in total. The summed E-state index contributed by atoms with van der Waals surface area (Å²) in [4.78, 5) is 14.1. The van der Waals surface area contributed by atoms with Gasteiger partial charge in [0.1, 0.15) is 5.75 Å². The summed E-state index contributed by atoms with van der Waals surface area (Å²) in [6.07, 6.45) is 3.39. The molecule has 0 aromatic heterocycles. The monoisotopic (exact) mass is 305 g/mol. The minimum absolute atomic E-state index is 0.225. The highest BCUT2D eigenvalue weighted by molar-refractivity contribution is 5.76. The Morgan fingerprint density at radius 1 is 1.36 bits per heavy atom. The minimum Gasteiger partial charge on any atom is -0.491 e. The molecule has 0 bridgehead atoms. The van der Waals surface area contributed by atoms with Crippen molar-refractivity contribution in [1.82, 2.24) is 10.2 Å². The maximum absolute atomic E-state index is 12.1. The summed E-state index contributed by atoms with van der Waals surface area (Å²) in [6.45, 7) is 6.23. The van der Waals surface area contributed by atoms with E-state index in [4.69, 9.17) is 10.5 Å². The van der Waals surface area contributed by atoms with Gasteiger partial charge in [-0.1, -0.05) is 19.4 Å². The molecule has 1 aliphatic heterocycles. The Bertz CT molecular complexity index is 485. The summed E-state index contributed by atoms with van der Waals surface area (Å²) < 4.78 is 5.65. The van der Waals surface area contributed by atoms with E-state index in [1.807, 2.05) is 23.1 Å². The maximum atomic E-state index is 12.1. The summed E-state index contributed by atoms with van der Waals surface area (Å²) in [5.74, 6) is 0.967. The smallest absolute Gasteiger partial charge is 0.222 e. The predicted octanol–water partition coefficient (Wildman–Crippen LogP) is 1.81. The van der Waals surface area contributed by atoms with Crippen molar-refractivity contribution in [3.05, 3.63) is 23.8 Å². The van der Waals surface area contributed by atoms with E-state index >= 15 is 0 Å². The number of anilines is 1. The number of nitrogen functional groups attached to an aromatic ring is 1. The Kier molecular flexibility index (Phi) is 6.52. The Morgan fingerprint density at radius 2 is 2.14 bits per heavy atom. The summed E-state index contributed by atoms with van der Waals surface area (Å²) in [6, 6.07) is 5.84. The van der Waals surface area contributed by atoms with Gasteiger partial charge in [-0.15, -0.1) is 0 Å². The first-order valence-corrected chi connectivity index (χ1v) is 8.20. The van der Waals surface area contributed by atoms with E-state index in [0.29, 0.717) is 18.7 Å². The molecule has 5 nitrogen and oxygen atoms in total. The van der Waals surface area contributed by atoms with Crippen molar-refractivity contribution in [2.75, 3.05) is 38.5 Å². The van der Waals surface area contributed by atoms with E-state index in [1.165, 1.54) is 0 Å². The first-order chi connectivity index (χ1) is 10.7. The average Bonchev–Trinajstić information content (AvgIpc) is 2.55. The van der Waals surface area contributed by atoms with Gasteiger partial charge in [0.2, 0.25) is 5.91 Å². The lowest BCUT2D eigenvalue weighted by Gasteiger charge is -2.27. The molecule has 1 fully saturated rings. The highest BCUT2D eigenvalue weighted by Gasteiger charge is 2.15. The molecule has 0 unspecified atom stereocenters. The fourth-order valence-corrected chi connectivity index (χ4v) is 2.53. The number of hydrogen-bond donors (Lipinski definition) is 2. The van der Waals surface area contributed by atoms with Gasteiger partial charge in [-0.05, 0) is 30.5 Å². The number of unbranched alkanes of at least 4 members (excludes halogenated alkanes) is 1. The molecule has 1 saturated heterocycles. The van der Waals surface area contributed by atoms with Crippen LogP contribution in [0.5, 0.6) is 5.75 Å². The van der Waals surface area contributed by atoms with E-state index in [1.54, 1.807) is 0 Å². The van der Waals surface area contributed by atoms with Crippen molar-refractivity contribution in [3.8, 4) is 5.75 Å². The third-order valence-electron chi connectivity index (χ3n) is 3.93. The molecule has 1 aliphatic rings. The van der Waals surface area contributed by atoms with Gasteiger partial charge in [-0.3, -0.25) is 4.79 Å². The Balaban J connectivity index is 1.82. The fraction of sp³-hybridized carbons (Fsp3) is 0.588. The standard InChI is InChI=1S/C17H27N3O2/c1-2-3-12-22-16-6-4-14(13-15(16)18)5-7-17(21)20-10-8-19-9-11-20/h4,6,13,19H,2-3,5,7-12,18H2,1H3. The Hall–Kier alpha value is -1.75. The van der Waals surface area contributed by atoms with Crippen molar-refractivity contribution >= 4 is 11.6 Å². The van der Waals surface area contributed by atoms with Crippen molar-refractivity contribution in [1.29, 1.82) is 0 Å². The summed E-state index contributed by atoms with van der Waals surface area (Å²) in [5, 5.41) is 3.25. The zero-order valence-electron chi connectivity index (χ0n) is 13.4. The van der Waals surface area contributed by atoms with E-state index in [2.05, 4.69) is 12.2 Å². The van der Waals surface area contributed by atoms with Gasteiger partial charge in [0.05, 0.1) is 12.3 Å². The van der Waals surface area contributed by atoms with Crippen molar-refractivity contribution in [3.63, 3.8) is 0 Å². The topological polar surface area (TPSA) is 67.6 Å². The number of ether oxygens (including phenoxy) is 1. The number of benzene rings is 1. The lowest BCUT2D eigenvalue weighted by molar-refractivity contribution is -0.131. The molecular formula is C17H27N3O2. The normalized spacial score (nSPS) is 14.9. The first kappa shape index (κ1) is 16.6. The predicted molar refractivity (Wildman–Crippen MR) is 89.0 cm³/mol. The lowest BCUT2D eigenvalue weighted by atomic mass is 10.1. The van der Waals surface area contributed by atoms with Crippen LogP contribution in [-0.4, -0.2) is 43.6 Å². The van der Waals surface area contributed by atoms with Crippen molar-refractivity contribution < 1.29 is 9.53 Å². The van der Waals surface area contributed by atoms with Crippen LogP contribution in [0.1, 0.15) is 31.7 Å². The molecule has 1 amide bonds.